The van der Waals surface area contributed by atoms with Gasteiger partial charge in [0.05, 0.1) is 0 Å². The first-order chi connectivity index (χ1) is 7.35. The zero-order chi connectivity index (χ0) is 11.9. The Labute approximate surface area is 89.8 Å². The van der Waals surface area contributed by atoms with Gasteiger partial charge in [0.25, 0.3) is 5.56 Å². The molecule has 0 fully saturated rings. The summed E-state index contributed by atoms with van der Waals surface area (Å²) in [6.45, 7) is 0. The number of nitrogens with two attached hydrogens (primary N) is 1. The molecule has 86 valence electrons. The van der Waals surface area contributed by atoms with Crippen LogP contribution in [0.25, 0.3) is 11.2 Å². The Bertz CT molecular complexity index is 698. The number of nitrogens with zero attached hydrogens (tertiary/aromatic N) is 2. The van der Waals surface area contributed by atoms with Crippen LogP contribution in [0.5, 0.6) is 0 Å². The highest BCUT2D eigenvalue weighted by Gasteiger charge is 2.12. The van der Waals surface area contributed by atoms with E-state index in [-0.39, 0.29) is 28.7 Å². The van der Waals surface area contributed by atoms with E-state index in [9.17, 15) is 13.2 Å². The van der Waals surface area contributed by atoms with Gasteiger partial charge in [-0.15, -0.1) is 0 Å². The van der Waals surface area contributed by atoms with Crippen LogP contribution in [0.15, 0.2) is 4.79 Å². The topological polar surface area (TPSA) is 135 Å². The lowest BCUT2D eigenvalue weighted by Crippen LogP contribution is -2.10. The number of hydrogen-bond donors (Lipinski definition) is 3. The standard InChI is InChI=1S/C7H9N5O3S/c1-16(14,15)2-3-9-4-5(10-3)11-7(8)12-6(4)13/h2H2,1H3,(H4,8,9,10,11,12,13). The lowest BCUT2D eigenvalue weighted by Gasteiger charge is -1.90. The summed E-state index contributed by atoms with van der Waals surface area (Å²) in [4.78, 5) is 23.9. The van der Waals surface area contributed by atoms with Crippen molar-refractivity contribution in [2.75, 3.05) is 12.0 Å². The molecule has 2 rings (SSSR count). The van der Waals surface area contributed by atoms with Crippen molar-refractivity contribution in [2.24, 2.45) is 0 Å². The van der Waals surface area contributed by atoms with Crippen molar-refractivity contribution in [3.8, 4) is 0 Å². The number of nitrogen functional groups attached to an aromatic ring is 1. The first kappa shape index (κ1) is 10.6. The van der Waals surface area contributed by atoms with Gasteiger partial charge in [0.1, 0.15) is 11.6 Å². The maximum absolute atomic E-state index is 11.4. The normalized spacial score (nSPS) is 12.1. The van der Waals surface area contributed by atoms with E-state index in [4.69, 9.17) is 5.73 Å². The molecule has 16 heavy (non-hydrogen) atoms. The van der Waals surface area contributed by atoms with Gasteiger partial charge >= 0.3 is 0 Å². The van der Waals surface area contributed by atoms with E-state index in [0.29, 0.717) is 0 Å². The fourth-order valence-electron chi connectivity index (χ4n) is 1.29. The zero-order valence-corrected chi connectivity index (χ0v) is 9.13. The minimum atomic E-state index is -3.21. The predicted octanol–water partition coefficient (Wildman–Crippen LogP) is -1.23. The number of rotatable bonds is 2. The first-order valence-electron chi connectivity index (χ1n) is 4.27. The molecule has 0 aliphatic carbocycles. The Balaban J connectivity index is 2.61. The number of aromatic amines is 2. The average Bonchev–Trinajstić information content (AvgIpc) is 2.43. The summed E-state index contributed by atoms with van der Waals surface area (Å²) in [6, 6.07) is 0. The van der Waals surface area contributed by atoms with Crippen molar-refractivity contribution in [1.82, 2.24) is 19.9 Å². The molecule has 0 spiro atoms. The van der Waals surface area contributed by atoms with Gasteiger partial charge in [-0.25, -0.2) is 13.4 Å². The van der Waals surface area contributed by atoms with Crippen LogP contribution >= 0.6 is 0 Å². The molecule has 0 aliphatic rings. The van der Waals surface area contributed by atoms with Gasteiger partial charge in [0, 0.05) is 6.26 Å². The molecule has 0 unspecified atom stereocenters. The molecule has 0 radical (unpaired) electrons. The van der Waals surface area contributed by atoms with Gasteiger partial charge < -0.3 is 10.7 Å². The molecule has 2 aromatic heterocycles. The predicted molar refractivity (Wildman–Crippen MR) is 57.5 cm³/mol. The third-order valence-electron chi connectivity index (χ3n) is 1.83. The summed E-state index contributed by atoms with van der Waals surface area (Å²) in [6.07, 6.45) is 1.08. The minimum Gasteiger partial charge on any atom is -0.369 e. The summed E-state index contributed by atoms with van der Waals surface area (Å²) >= 11 is 0. The van der Waals surface area contributed by atoms with Crippen molar-refractivity contribution in [1.29, 1.82) is 0 Å². The number of anilines is 1. The fraction of sp³-hybridized carbons (Fsp3) is 0.286. The number of hydrogen-bond acceptors (Lipinski definition) is 6. The monoisotopic (exact) mass is 243 g/mol. The van der Waals surface area contributed by atoms with Gasteiger partial charge in [-0.05, 0) is 0 Å². The van der Waals surface area contributed by atoms with Crippen molar-refractivity contribution in [3.05, 3.63) is 16.2 Å². The van der Waals surface area contributed by atoms with Crippen LogP contribution in [0, 0.1) is 0 Å². The fourth-order valence-corrected chi connectivity index (χ4v) is 1.92. The minimum absolute atomic E-state index is 0.0603. The molecule has 2 heterocycles. The second kappa shape index (κ2) is 3.30. The molecular formula is C7H9N5O3S. The van der Waals surface area contributed by atoms with Gasteiger partial charge in [-0.1, -0.05) is 0 Å². The van der Waals surface area contributed by atoms with E-state index in [2.05, 4.69) is 19.9 Å². The first-order valence-corrected chi connectivity index (χ1v) is 6.33. The van der Waals surface area contributed by atoms with E-state index in [0.717, 1.165) is 6.26 Å². The molecule has 0 bridgehead atoms. The number of nitrogens with one attached hydrogen (secondary N) is 2. The van der Waals surface area contributed by atoms with Crippen molar-refractivity contribution >= 4 is 26.9 Å². The molecule has 9 heteroatoms. The Hall–Kier alpha value is -1.90. The van der Waals surface area contributed by atoms with Crippen LogP contribution < -0.4 is 11.3 Å². The van der Waals surface area contributed by atoms with Crippen molar-refractivity contribution < 1.29 is 8.42 Å². The van der Waals surface area contributed by atoms with E-state index in [1.54, 1.807) is 0 Å². The lowest BCUT2D eigenvalue weighted by molar-refractivity contribution is 0.600. The van der Waals surface area contributed by atoms with Crippen molar-refractivity contribution in [2.45, 2.75) is 5.75 Å². The molecule has 0 atom stereocenters. The summed E-state index contributed by atoms with van der Waals surface area (Å²) in [5.74, 6) is -0.168. The van der Waals surface area contributed by atoms with E-state index >= 15 is 0 Å². The molecule has 0 aliphatic heterocycles. The van der Waals surface area contributed by atoms with Crippen LogP contribution in [-0.4, -0.2) is 34.6 Å². The summed E-state index contributed by atoms with van der Waals surface area (Å²) in [5, 5.41) is 0. The Morgan fingerprint density at radius 1 is 1.31 bits per heavy atom. The molecule has 0 saturated carbocycles. The van der Waals surface area contributed by atoms with Crippen LogP contribution in [0.3, 0.4) is 0 Å². The quantitative estimate of drug-likeness (QED) is 0.604. The Kier molecular flexibility index (Phi) is 2.19. The second-order valence-electron chi connectivity index (χ2n) is 3.40. The van der Waals surface area contributed by atoms with E-state index in [1.807, 2.05) is 0 Å². The molecule has 4 N–H and O–H groups in total. The lowest BCUT2D eigenvalue weighted by atomic mass is 10.5. The van der Waals surface area contributed by atoms with Gasteiger partial charge in [0.15, 0.2) is 21.0 Å². The SMILES string of the molecule is CS(=O)(=O)Cc1nc2nc(N)[nH]c(=O)c2[nH]1. The largest absolute Gasteiger partial charge is 0.369 e. The highest BCUT2D eigenvalue weighted by Crippen LogP contribution is 2.06. The number of imidazole rings is 1. The molecule has 0 amide bonds. The molecule has 2 aromatic rings. The summed E-state index contributed by atoms with van der Waals surface area (Å²) in [7, 11) is -3.21. The average molecular weight is 243 g/mol. The summed E-state index contributed by atoms with van der Waals surface area (Å²) < 4.78 is 22.1. The van der Waals surface area contributed by atoms with Crippen LogP contribution in [0.2, 0.25) is 0 Å². The van der Waals surface area contributed by atoms with Crippen LogP contribution in [-0.2, 0) is 15.6 Å². The highest BCUT2D eigenvalue weighted by molar-refractivity contribution is 7.89. The smallest absolute Gasteiger partial charge is 0.278 e. The number of H-pyrrole nitrogens is 2. The zero-order valence-electron chi connectivity index (χ0n) is 8.31. The van der Waals surface area contributed by atoms with E-state index in [1.165, 1.54) is 0 Å². The van der Waals surface area contributed by atoms with Gasteiger partial charge in [-0.3, -0.25) is 9.78 Å². The van der Waals surface area contributed by atoms with E-state index < -0.39 is 15.4 Å². The van der Waals surface area contributed by atoms with Gasteiger partial charge in [0.2, 0.25) is 5.95 Å². The Morgan fingerprint density at radius 3 is 2.62 bits per heavy atom. The third kappa shape index (κ3) is 2.03. The highest BCUT2D eigenvalue weighted by atomic mass is 32.2. The number of aromatic nitrogens is 4. The second-order valence-corrected chi connectivity index (χ2v) is 5.54. The molecule has 0 aromatic carbocycles. The molecular weight excluding hydrogens is 234 g/mol. The van der Waals surface area contributed by atoms with Crippen LogP contribution in [0.4, 0.5) is 5.95 Å². The maximum Gasteiger partial charge on any atom is 0.278 e. The third-order valence-corrected chi connectivity index (χ3v) is 2.63. The van der Waals surface area contributed by atoms with Crippen molar-refractivity contribution in [3.63, 3.8) is 0 Å². The summed E-state index contributed by atoms with van der Waals surface area (Å²) in [5.41, 5.74) is 5.07. The van der Waals surface area contributed by atoms with Crippen LogP contribution in [0.1, 0.15) is 5.82 Å². The maximum atomic E-state index is 11.4. The van der Waals surface area contributed by atoms with Gasteiger partial charge in [-0.2, -0.15) is 4.98 Å². The molecule has 0 saturated heterocycles. The number of fused-ring (bicyclic) bond motifs is 1. The Morgan fingerprint density at radius 2 is 2.00 bits per heavy atom. The molecule has 8 nitrogen and oxygen atoms in total. The number of sulfone groups is 1.